The Bertz CT molecular complexity index is 854. The maximum absolute atomic E-state index is 12.8. The van der Waals surface area contributed by atoms with E-state index in [0.717, 1.165) is 29.7 Å². The van der Waals surface area contributed by atoms with Crippen LogP contribution in [0.4, 0.5) is 4.79 Å². The highest BCUT2D eigenvalue weighted by Crippen LogP contribution is 2.31. The van der Waals surface area contributed by atoms with Gasteiger partial charge in [0.25, 0.3) is 0 Å². The molecule has 0 aromatic heterocycles. The van der Waals surface area contributed by atoms with Gasteiger partial charge in [0.1, 0.15) is 6.54 Å². The molecule has 8 heteroatoms. The molecule has 1 N–H and O–H groups in total. The van der Waals surface area contributed by atoms with Crippen molar-refractivity contribution in [2.24, 2.45) is 5.92 Å². The molecular formula is C22H27N3O5. The summed E-state index contributed by atoms with van der Waals surface area (Å²) >= 11 is 0. The molecule has 0 bridgehead atoms. The van der Waals surface area contributed by atoms with Crippen molar-refractivity contribution in [2.75, 3.05) is 6.54 Å². The number of hydrogen-bond donors (Lipinski definition) is 1. The first-order valence-electron chi connectivity index (χ1n) is 10.3. The molecule has 2 fully saturated rings. The molecule has 1 aromatic carbocycles. The number of benzene rings is 1. The zero-order valence-electron chi connectivity index (χ0n) is 17.3. The average molecular weight is 413 g/mol. The van der Waals surface area contributed by atoms with E-state index < -0.39 is 36.3 Å². The Morgan fingerprint density at radius 2 is 1.73 bits per heavy atom. The lowest BCUT2D eigenvalue weighted by molar-refractivity contribution is -0.145. The second kappa shape index (κ2) is 9.19. The lowest BCUT2D eigenvalue weighted by atomic mass is 9.85. The summed E-state index contributed by atoms with van der Waals surface area (Å²) in [6.07, 6.45) is 3.77. The molecule has 0 radical (unpaired) electrons. The van der Waals surface area contributed by atoms with Gasteiger partial charge >= 0.3 is 17.8 Å². The third-order valence-electron chi connectivity index (χ3n) is 5.89. The Labute approximate surface area is 175 Å². The molecule has 5 amide bonds. The molecule has 1 aromatic rings. The Kier molecular flexibility index (Phi) is 6.64. The Balaban J connectivity index is 1.66. The van der Waals surface area contributed by atoms with Gasteiger partial charge < -0.3 is 5.32 Å². The smallest absolute Gasteiger partial charge is 0.334 e. The summed E-state index contributed by atoms with van der Waals surface area (Å²) < 4.78 is 0. The van der Waals surface area contributed by atoms with Crippen molar-refractivity contribution in [3.05, 3.63) is 35.9 Å². The molecule has 1 aliphatic carbocycles. The number of carbonyl (C=O) groups is 5. The SMILES string of the molecule is CC(=O)[C@H](Cc1ccccc1)NC(=O)CN1C(=O)C(=O)N([C@@H]2CCCC[C@@H]2C)C1=O. The Morgan fingerprint density at radius 1 is 1.07 bits per heavy atom. The molecule has 30 heavy (non-hydrogen) atoms. The lowest BCUT2D eigenvalue weighted by Gasteiger charge is -2.34. The minimum Gasteiger partial charge on any atom is -0.344 e. The molecular weight excluding hydrogens is 386 g/mol. The number of rotatable bonds is 7. The minimum atomic E-state index is -0.990. The number of urea groups is 1. The zero-order chi connectivity index (χ0) is 21.8. The molecule has 3 atom stereocenters. The Morgan fingerprint density at radius 3 is 2.37 bits per heavy atom. The maximum Gasteiger partial charge on any atom is 0.334 e. The highest BCUT2D eigenvalue weighted by molar-refractivity contribution is 6.45. The van der Waals surface area contributed by atoms with Crippen molar-refractivity contribution < 1.29 is 24.0 Å². The molecule has 1 saturated heterocycles. The van der Waals surface area contributed by atoms with Gasteiger partial charge in [-0.1, -0.05) is 50.1 Å². The van der Waals surface area contributed by atoms with Gasteiger partial charge in [-0.3, -0.25) is 24.1 Å². The van der Waals surface area contributed by atoms with E-state index in [0.29, 0.717) is 17.7 Å². The maximum atomic E-state index is 12.8. The predicted octanol–water partition coefficient (Wildman–Crippen LogP) is 1.67. The van der Waals surface area contributed by atoms with Crippen LogP contribution in [0.3, 0.4) is 0 Å². The van der Waals surface area contributed by atoms with Gasteiger partial charge in [0.15, 0.2) is 5.78 Å². The van der Waals surface area contributed by atoms with Crippen LogP contribution in [0.25, 0.3) is 0 Å². The first-order chi connectivity index (χ1) is 14.3. The summed E-state index contributed by atoms with van der Waals surface area (Å²) in [5.74, 6) is -2.64. The second-order valence-electron chi connectivity index (χ2n) is 8.10. The number of Topliss-reactive ketones (excluding diaryl/α,β-unsaturated/α-hetero) is 1. The largest absolute Gasteiger partial charge is 0.344 e. The summed E-state index contributed by atoms with van der Waals surface area (Å²) in [6, 6.07) is 7.36. The molecule has 160 valence electrons. The van der Waals surface area contributed by atoms with Crippen LogP contribution in [-0.2, 0) is 25.6 Å². The zero-order valence-corrected chi connectivity index (χ0v) is 17.3. The molecule has 1 aliphatic heterocycles. The van der Waals surface area contributed by atoms with Crippen LogP contribution < -0.4 is 5.32 Å². The van der Waals surface area contributed by atoms with Crippen molar-refractivity contribution in [3.63, 3.8) is 0 Å². The van der Waals surface area contributed by atoms with Crippen molar-refractivity contribution in [3.8, 4) is 0 Å². The monoisotopic (exact) mass is 413 g/mol. The van der Waals surface area contributed by atoms with Gasteiger partial charge in [-0.25, -0.2) is 9.69 Å². The van der Waals surface area contributed by atoms with Crippen LogP contribution in [-0.4, -0.2) is 58.0 Å². The number of carbonyl (C=O) groups excluding carboxylic acids is 5. The van der Waals surface area contributed by atoms with Crippen LogP contribution in [0.2, 0.25) is 0 Å². The number of amides is 5. The van der Waals surface area contributed by atoms with Crippen LogP contribution in [0.5, 0.6) is 0 Å². The van der Waals surface area contributed by atoms with E-state index in [1.165, 1.54) is 6.92 Å². The van der Waals surface area contributed by atoms with E-state index >= 15 is 0 Å². The highest BCUT2D eigenvalue weighted by Gasteiger charge is 2.49. The van der Waals surface area contributed by atoms with Gasteiger partial charge in [0.2, 0.25) is 5.91 Å². The van der Waals surface area contributed by atoms with E-state index in [1.807, 2.05) is 37.3 Å². The normalized spacial score (nSPS) is 22.9. The Hall–Kier alpha value is -3.03. The first kappa shape index (κ1) is 21.7. The minimum absolute atomic E-state index is 0.112. The number of nitrogens with one attached hydrogen (secondary N) is 1. The lowest BCUT2D eigenvalue weighted by Crippen LogP contribution is -2.49. The predicted molar refractivity (Wildman–Crippen MR) is 108 cm³/mol. The number of imide groups is 2. The van der Waals surface area contributed by atoms with Gasteiger partial charge in [-0.2, -0.15) is 0 Å². The third-order valence-corrected chi connectivity index (χ3v) is 5.89. The molecule has 3 rings (SSSR count). The summed E-state index contributed by atoms with van der Waals surface area (Å²) in [6.45, 7) is 2.75. The van der Waals surface area contributed by atoms with Gasteiger partial charge in [-0.15, -0.1) is 0 Å². The van der Waals surface area contributed by atoms with Crippen LogP contribution in [0.1, 0.15) is 45.1 Å². The van der Waals surface area contributed by atoms with Crippen LogP contribution >= 0.6 is 0 Å². The summed E-state index contributed by atoms with van der Waals surface area (Å²) in [7, 11) is 0. The van der Waals surface area contributed by atoms with Crippen molar-refractivity contribution in [1.29, 1.82) is 0 Å². The number of nitrogens with zero attached hydrogens (tertiary/aromatic N) is 2. The van der Waals surface area contributed by atoms with E-state index in [9.17, 15) is 24.0 Å². The molecule has 1 saturated carbocycles. The van der Waals surface area contributed by atoms with Crippen LogP contribution in [0, 0.1) is 5.92 Å². The fraction of sp³-hybridized carbons (Fsp3) is 0.500. The summed E-state index contributed by atoms with van der Waals surface area (Å²) in [4.78, 5) is 63.8. The standard InChI is InChI=1S/C22H27N3O5/c1-14-8-6-7-11-18(14)25-21(29)20(28)24(22(25)30)13-19(27)23-17(15(2)26)12-16-9-4-3-5-10-16/h3-5,9-10,14,17-18H,6-8,11-13H2,1-2H3,(H,23,27)/t14-,17-,18+/m0/s1. The molecule has 0 unspecified atom stereocenters. The van der Waals surface area contributed by atoms with Gasteiger partial charge in [0.05, 0.1) is 6.04 Å². The van der Waals surface area contributed by atoms with Crippen molar-refractivity contribution in [1.82, 2.24) is 15.1 Å². The molecule has 2 aliphatic rings. The quantitative estimate of drug-likeness (QED) is 0.541. The summed E-state index contributed by atoms with van der Waals surface area (Å²) in [5.41, 5.74) is 0.874. The van der Waals surface area contributed by atoms with Gasteiger partial charge in [-0.05, 0) is 37.7 Å². The molecule has 0 spiro atoms. The first-order valence-corrected chi connectivity index (χ1v) is 10.3. The number of ketones is 1. The molecule has 8 nitrogen and oxygen atoms in total. The van der Waals surface area contributed by atoms with E-state index in [1.54, 1.807) is 0 Å². The fourth-order valence-electron chi connectivity index (χ4n) is 4.16. The van der Waals surface area contributed by atoms with E-state index in [4.69, 9.17) is 0 Å². The van der Waals surface area contributed by atoms with E-state index in [2.05, 4.69) is 5.32 Å². The topological polar surface area (TPSA) is 104 Å². The molecule has 1 heterocycles. The summed E-state index contributed by atoms with van der Waals surface area (Å²) in [5, 5.41) is 2.59. The third kappa shape index (κ3) is 4.58. The van der Waals surface area contributed by atoms with Gasteiger partial charge in [0, 0.05) is 6.04 Å². The fourth-order valence-corrected chi connectivity index (χ4v) is 4.16. The van der Waals surface area contributed by atoms with Crippen molar-refractivity contribution >= 4 is 29.5 Å². The average Bonchev–Trinajstić information content (AvgIpc) is 2.92. The van der Waals surface area contributed by atoms with Crippen LogP contribution in [0.15, 0.2) is 30.3 Å². The van der Waals surface area contributed by atoms with Crippen molar-refractivity contribution in [2.45, 2.75) is 58.0 Å². The highest BCUT2D eigenvalue weighted by atomic mass is 16.2. The second-order valence-corrected chi connectivity index (χ2v) is 8.10. The van der Waals surface area contributed by atoms with E-state index in [-0.39, 0.29) is 17.7 Å². The number of hydrogen-bond acceptors (Lipinski definition) is 5.